The van der Waals surface area contributed by atoms with Gasteiger partial charge in [0.2, 0.25) is 11.8 Å². The molecule has 5 aromatic rings. The van der Waals surface area contributed by atoms with E-state index < -0.39 is 6.04 Å². The Morgan fingerprint density at radius 2 is 1.31 bits per heavy atom. The summed E-state index contributed by atoms with van der Waals surface area (Å²) in [7, 11) is 0. The minimum absolute atomic E-state index is 0.0493. The van der Waals surface area contributed by atoms with Crippen molar-refractivity contribution in [3.05, 3.63) is 107 Å². The highest BCUT2D eigenvalue weighted by Gasteiger charge is 2.44. The maximum atomic E-state index is 14.0. The molecule has 1 saturated heterocycles. The summed E-state index contributed by atoms with van der Waals surface area (Å²) in [5, 5.41) is 2.46. The Hall–Kier alpha value is -4.32. The van der Waals surface area contributed by atoms with Crippen LogP contribution in [0.3, 0.4) is 0 Å². The van der Waals surface area contributed by atoms with Crippen LogP contribution in [0.5, 0.6) is 0 Å². The molecule has 6 nitrogen and oxygen atoms in total. The summed E-state index contributed by atoms with van der Waals surface area (Å²) in [5.74, 6) is 0.0120. The topological polar surface area (TPSA) is 72.2 Å². The first-order valence-electron chi connectivity index (χ1n) is 13.8. The lowest BCUT2D eigenvalue weighted by Crippen LogP contribution is -2.55. The first-order chi connectivity index (χ1) is 19.0. The quantitative estimate of drug-likeness (QED) is 0.331. The molecule has 1 atom stereocenters. The summed E-state index contributed by atoms with van der Waals surface area (Å²) in [6.07, 6.45) is 6.53. The maximum Gasteiger partial charge on any atom is 0.245 e. The molecule has 6 heteroatoms. The highest BCUT2D eigenvalue weighted by Crippen LogP contribution is 2.47. The summed E-state index contributed by atoms with van der Waals surface area (Å²) in [6, 6.07) is 24.7. The Kier molecular flexibility index (Phi) is 5.58. The van der Waals surface area contributed by atoms with E-state index >= 15 is 0 Å². The standard InChI is InChI=1S/C33H32N4O2/c1-22(38)37-21-24-9-3-2-8-23(24)18-31(37)32(39)36-16-14-33(15-17-36,27-19-34-29-12-6-4-10-25(27)29)28-20-35-30-13-7-5-11-26(28)30/h2-13,19-20,31,34-35H,14-18,21H2,1H3. The maximum absolute atomic E-state index is 14.0. The van der Waals surface area contributed by atoms with Crippen molar-refractivity contribution in [1.29, 1.82) is 0 Å². The monoisotopic (exact) mass is 516 g/mol. The minimum atomic E-state index is -0.453. The summed E-state index contributed by atoms with van der Waals surface area (Å²) >= 11 is 0. The molecule has 0 saturated carbocycles. The van der Waals surface area contributed by atoms with Crippen LogP contribution >= 0.6 is 0 Å². The second-order valence-corrected chi connectivity index (χ2v) is 11.0. The number of H-pyrrole nitrogens is 2. The number of rotatable bonds is 3. The Balaban J connectivity index is 1.24. The van der Waals surface area contributed by atoms with E-state index in [4.69, 9.17) is 0 Å². The number of aromatic amines is 2. The number of likely N-dealkylation sites (tertiary alicyclic amines) is 1. The molecule has 1 unspecified atom stereocenters. The second-order valence-electron chi connectivity index (χ2n) is 11.0. The number of piperidine rings is 1. The van der Waals surface area contributed by atoms with Gasteiger partial charge in [-0.1, -0.05) is 60.7 Å². The molecule has 1 fully saturated rings. The van der Waals surface area contributed by atoms with Crippen molar-refractivity contribution < 1.29 is 9.59 Å². The van der Waals surface area contributed by atoms with Crippen molar-refractivity contribution >= 4 is 33.6 Å². The van der Waals surface area contributed by atoms with Crippen LogP contribution in [-0.4, -0.2) is 50.7 Å². The van der Waals surface area contributed by atoms with Crippen LogP contribution in [0.25, 0.3) is 21.8 Å². The lowest BCUT2D eigenvalue weighted by Gasteiger charge is -2.44. The number of carbonyl (C=O) groups excluding carboxylic acids is 2. The van der Waals surface area contributed by atoms with Crippen LogP contribution < -0.4 is 0 Å². The number of carbonyl (C=O) groups is 2. The molecule has 2 amide bonds. The fraction of sp³-hybridized carbons (Fsp3) is 0.273. The first kappa shape index (κ1) is 23.8. The Labute approximate surface area is 227 Å². The molecular formula is C33H32N4O2. The molecule has 2 N–H and O–H groups in total. The van der Waals surface area contributed by atoms with Crippen molar-refractivity contribution in [1.82, 2.24) is 19.8 Å². The van der Waals surface area contributed by atoms with E-state index in [9.17, 15) is 9.59 Å². The molecule has 2 aromatic heterocycles. The largest absolute Gasteiger partial charge is 0.361 e. The number of nitrogens with one attached hydrogen (secondary N) is 2. The number of benzene rings is 3. The van der Waals surface area contributed by atoms with E-state index in [2.05, 4.69) is 83.0 Å². The van der Waals surface area contributed by atoms with Crippen molar-refractivity contribution in [2.45, 2.75) is 44.2 Å². The number of amides is 2. The van der Waals surface area contributed by atoms with Crippen LogP contribution in [0.2, 0.25) is 0 Å². The third-order valence-corrected chi connectivity index (χ3v) is 9.08. The number of hydrogen-bond donors (Lipinski definition) is 2. The Morgan fingerprint density at radius 3 is 1.90 bits per heavy atom. The average Bonchev–Trinajstić information content (AvgIpc) is 3.62. The summed E-state index contributed by atoms with van der Waals surface area (Å²) in [4.78, 5) is 37.4. The van der Waals surface area contributed by atoms with Crippen LogP contribution in [-0.2, 0) is 28.0 Å². The van der Waals surface area contributed by atoms with Gasteiger partial charge in [0.25, 0.3) is 0 Å². The molecule has 0 bridgehead atoms. The summed E-state index contributed by atoms with van der Waals surface area (Å²) in [6.45, 7) is 3.34. The zero-order chi connectivity index (χ0) is 26.6. The highest BCUT2D eigenvalue weighted by atomic mass is 16.2. The summed E-state index contributed by atoms with van der Waals surface area (Å²) < 4.78 is 0. The smallest absolute Gasteiger partial charge is 0.245 e. The normalized spacial score (nSPS) is 18.8. The van der Waals surface area contributed by atoms with Gasteiger partial charge in [0, 0.05) is 72.6 Å². The SMILES string of the molecule is CC(=O)N1Cc2ccccc2CC1C(=O)N1CCC(c2c[nH]c3ccccc23)(c2c[nH]c3ccccc23)CC1. The molecule has 39 heavy (non-hydrogen) atoms. The minimum Gasteiger partial charge on any atom is -0.361 e. The van der Waals surface area contributed by atoms with Gasteiger partial charge < -0.3 is 19.8 Å². The predicted octanol–water partition coefficient (Wildman–Crippen LogP) is 5.53. The van der Waals surface area contributed by atoms with Crippen LogP contribution in [0.4, 0.5) is 0 Å². The van der Waals surface area contributed by atoms with Gasteiger partial charge in [0.15, 0.2) is 0 Å². The molecule has 3 aromatic carbocycles. The van der Waals surface area contributed by atoms with Crippen LogP contribution in [0.1, 0.15) is 42.0 Å². The third-order valence-electron chi connectivity index (χ3n) is 9.08. The number of fused-ring (bicyclic) bond motifs is 3. The van der Waals surface area contributed by atoms with E-state index in [-0.39, 0.29) is 17.2 Å². The Bertz CT molecular complexity index is 1630. The summed E-state index contributed by atoms with van der Waals surface area (Å²) in [5.41, 5.74) is 6.88. The van der Waals surface area contributed by atoms with E-state index in [1.807, 2.05) is 17.0 Å². The van der Waals surface area contributed by atoms with Crippen molar-refractivity contribution in [3.8, 4) is 0 Å². The molecule has 196 valence electrons. The van der Waals surface area contributed by atoms with Gasteiger partial charge in [-0.05, 0) is 47.2 Å². The van der Waals surface area contributed by atoms with Gasteiger partial charge in [0.1, 0.15) is 6.04 Å². The van der Waals surface area contributed by atoms with E-state index in [1.54, 1.807) is 11.8 Å². The number of nitrogens with zero attached hydrogens (tertiary/aromatic N) is 2. The molecule has 2 aliphatic rings. The highest BCUT2D eigenvalue weighted by molar-refractivity contribution is 5.90. The van der Waals surface area contributed by atoms with Crippen LogP contribution in [0, 0.1) is 0 Å². The molecule has 0 spiro atoms. The molecular weight excluding hydrogens is 484 g/mol. The van der Waals surface area contributed by atoms with Gasteiger partial charge in [-0.3, -0.25) is 9.59 Å². The molecule has 7 rings (SSSR count). The van der Waals surface area contributed by atoms with Crippen molar-refractivity contribution in [3.63, 3.8) is 0 Å². The predicted molar refractivity (Wildman–Crippen MR) is 153 cm³/mol. The lowest BCUT2D eigenvalue weighted by molar-refractivity contribution is -0.147. The first-order valence-corrected chi connectivity index (χ1v) is 13.8. The average molecular weight is 517 g/mol. The zero-order valence-corrected chi connectivity index (χ0v) is 22.1. The van der Waals surface area contributed by atoms with E-state index in [1.165, 1.54) is 21.9 Å². The van der Waals surface area contributed by atoms with Gasteiger partial charge in [-0.25, -0.2) is 0 Å². The number of aromatic nitrogens is 2. The molecule has 0 aliphatic carbocycles. The van der Waals surface area contributed by atoms with Gasteiger partial charge in [0.05, 0.1) is 0 Å². The zero-order valence-electron chi connectivity index (χ0n) is 22.1. The van der Waals surface area contributed by atoms with E-state index in [0.717, 1.165) is 35.0 Å². The van der Waals surface area contributed by atoms with Crippen molar-refractivity contribution in [2.24, 2.45) is 0 Å². The molecule has 2 aliphatic heterocycles. The molecule has 4 heterocycles. The number of para-hydroxylation sites is 2. The second kappa shape index (κ2) is 9.16. The van der Waals surface area contributed by atoms with Gasteiger partial charge >= 0.3 is 0 Å². The Morgan fingerprint density at radius 1 is 0.769 bits per heavy atom. The molecule has 0 radical (unpaired) electrons. The van der Waals surface area contributed by atoms with E-state index in [0.29, 0.717) is 26.1 Å². The van der Waals surface area contributed by atoms with Gasteiger partial charge in [-0.2, -0.15) is 0 Å². The lowest BCUT2D eigenvalue weighted by atomic mass is 9.67. The number of hydrogen-bond acceptors (Lipinski definition) is 2. The third kappa shape index (κ3) is 3.77. The van der Waals surface area contributed by atoms with Crippen molar-refractivity contribution in [2.75, 3.05) is 13.1 Å². The fourth-order valence-corrected chi connectivity index (χ4v) is 7.01. The van der Waals surface area contributed by atoms with Gasteiger partial charge in [-0.15, -0.1) is 0 Å². The van der Waals surface area contributed by atoms with Crippen LogP contribution in [0.15, 0.2) is 85.2 Å². The fourth-order valence-electron chi connectivity index (χ4n) is 7.01.